The summed E-state index contributed by atoms with van der Waals surface area (Å²) in [5.74, 6) is 0.703. The molecule has 33 heavy (non-hydrogen) atoms. The Labute approximate surface area is 196 Å². The molecule has 0 saturated heterocycles. The minimum Gasteiger partial charge on any atom is -0.526 e. The van der Waals surface area contributed by atoms with Crippen molar-refractivity contribution < 1.29 is 35.2 Å². The molecule has 10 nitrogen and oxygen atoms in total. The monoisotopic (exact) mass is 499 g/mol. The second-order valence-corrected chi connectivity index (χ2v) is 11.7. The van der Waals surface area contributed by atoms with E-state index in [-0.39, 0.29) is 11.4 Å². The van der Waals surface area contributed by atoms with Crippen LogP contribution in [-0.4, -0.2) is 44.7 Å². The number of hydrogen-bond donors (Lipinski definition) is 2. The SMILES string of the molecule is CC(C)(C)N(c1ccc(O[B]Oc2ccc(N(C(C)(C)C)S(=O)(=O)O)cc2)cc1)S(=O)(=O)O. The van der Waals surface area contributed by atoms with Gasteiger partial charge in [0.15, 0.2) is 0 Å². The van der Waals surface area contributed by atoms with Crippen LogP contribution in [0.3, 0.4) is 0 Å². The maximum atomic E-state index is 11.7. The van der Waals surface area contributed by atoms with Crippen molar-refractivity contribution in [2.75, 3.05) is 8.61 Å². The van der Waals surface area contributed by atoms with Crippen molar-refractivity contribution in [1.29, 1.82) is 0 Å². The van der Waals surface area contributed by atoms with Crippen LogP contribution in [0.25, 0.3) is 0 Å². The molecule has 0 heterocycles. The van der Waals surface area contributed by atoms with Gasteiger partial charge in [-0.15, -0.1) is 0 Å². The van der Waals surface area contributed by atoms with Crippen molar-refractivity contribution >= 4 is 39.7 Å². The Balaban J connectivity index is 2.05. The second kappa shape index (κ2) is 9.41. The summed E-state index contributed by atoms with van der Waals surface area (Å²) in [5.41, 5.74) is -1.24. The van der Waals surface area contributed by atoms with Gasteiger partial charge in [-0.25, -0.2) is 8.61 Å². The van der Waals surface area contributed by atoms with Gasteiger partial charge in [-0.05, 0) is 90.1 Å². The molecular formula is C20H28BN2O8S2. The van der Waals surface area contributed by atoms with Gasteiger partial charge in [-0.3, -0.25) is 9.11 Å². The number of nitrogens with zero attached hydrogens (tertiary/aromatic N) is 2. The van der Waals surface area contributed by atoms with Crippen LogP contribution in [-0.2, 0) is 20.6 Å². The average Bonchev–Trinajstić information content (AvgIpc) is 2.60. The maximum Gasteiger partial charge on any atom is 0.658 e. The fourth-order valence-corrected chi connectivity index (χ4v) is 5.35. The van der Waals surface area contributed by atoms with Gasteiger partial charge in [-0.2, -0.15) is 16.8 Å². The van der Waals surface area contributed by atoms with Crippen LogP contribution >= 0.6 is 0 Å². The van der Waals surface area contributed by atoms with Gasteiger partial charge in [0.1, 0.15) is 11.5 Å². The molecule has 0 spiro atoms. The van der Waals surface area contributed by atoms with E-state index >= 15 is 0 Å². The number of rotatable bonds is 8. The minimum absolute atomic E-state index is 0.260. The fourth-order valence-electron chi connectivity index (χ4n) is 3.19. The molecule has 0 aromatic heterocycles. The van der Waals surface area contributed by atoms with Crippen molar-refractivity contribution in [3.63, 3.8) is 0 Å². The lowest BCUT2D eigenvalue weighted by Crippen LogP contribution is -2.45. The summed E-state index contributed by atoms with van der Waals surface area (Å²) in [4.78, 5) is 0. The Morgan fingerprint density at radius 2 is 0.909 bits per heavy atom. The topological polar surface area (TPSA) is 134 Å². The molecule has 0 amide bonds. The Hall–Kier alpha value is -2.48. The van der Waals surface area contributed by atoms with E-state index in [1.54, 1.807) is 41.5 Å². The van der Waals surface area contributed by atoms with Crippen LogP contribution in [0.2, 0.25) is 0 Å². The van der Waals surface area contributed by atoms with Crippen molar-refractivity contribution in [2.45, 2.75) is 52.6 Å². The third-order valence-electron chi connectivity index (χ3n) is 4.19. The second-order valence-electron chi connectivity index (χ2n) is 9.15. The Morgan fingerprint density at radius 1 is 0.636 bits per heavy atom. The number of hydrogen-bond acceptors (Lipinski definition) is 6. The van der Waals surface area contributed by atoms with Gasteiger partial charge >= 0.3 is 28.3 Å². The normalized spacial score (nSPS) is 12.7. The lowest BCUT2D eigenvalue weighted by molar-refractivity contribution is 0.449. The van der Waals surface area contributed by atoms with Crippen molar-refractivity contribution in [3.05, 3.63) is 48.5 Å². The molecule has 2 aromatic carbocycles. The van der Waals surface area contributed by atoms with E-state index in [1.165, 1.54) is 48.5 Å². The highest BCUT2D eigenvalue weighted by atomic mass is 32.2. The summed E-state index contributed by atoms with van der Waals surface area (Å²) in [6.07, 6.45) is 0. The number of anilines is 2. The lowest BCUT2D eigenvalue weighted by atomic mass is 10.1. The first-order valence-electron chi connectivity index (χ1n) is 9.81. The summed E-state index contributed by atoms with van der Waals surface area (Å²) in [5, 5.41) is 0. The van der Waals surface area contributed by atoms with Gasteiger partial charge in [0, 0.05) is 11.1 Å². The predicted molar refractivity (Wildman–Crippen MR) is 127 cm³/mol. The highest BCUT2D eigenvalue weighted by Crippen LogP contribution is 2.30. The molecule has 0 unspecified atom stereocenters. The van der Waals surface area contributed by atoms with Crippen LogP contribution in [0.4, 0.5) is 11.4 Å². The molecule has 1 radical (unpaired) electrons. The van der Waals surface area contributed by atoms with Crippen LogP contribution in [0.5, 0.6) is 11.5 Å². The maximum absolute atomic E-state index is 11.7. The molecule has 0 aliphatic carbocycles. The van der Waals surface area contributed by atoms with Crippen molar-refractivity contribution in [2.24, 2.45) is 0 Å². The molecule has 181 valence electrons. The largest absolute Gasteiger partial charge is 0.658 e. The van der Waals surface area contributed by atoms with E-state index in [0.717, 1.165) is 16.3 Å². The smallest absolute Gasteiger partial charge is 0.526 e. The summed E-state index contributed by atoms with van der Waals surface area (Å²) in [6.45, 7) is 9.89. The van der Waals surface area contributed by atoms with E-state index in [4.69, 9.17) is 9.31 Å². The Bertz CT molecular complexity index is 1060. The van der Waals surface area contributed by atoms with E-state index in [1.807, 2.05) is 0 Å². The van der Waals surface area contributed by atoms with E-state index in [2.05, 4.69) is 0 Å². The van der Waals surface area contributed by atoms with Gasteiger partial charge in [0.25, 0.3) is 0 Å². The lowest BCUT2D eigenvalue weighted by Gasteiger charge is -2.34. The first-order valence-corrected chi connectivity index (χ1v) is 12.6. The fraction of sp³-hybridized carbons (Fsp3) is 0.400. The molecule has 0 bridgehead atoms. The average molecular weight is 499 g/mol. The molecule has 2 aromatic rings. The standard InChI is InChI=1S/C20H28BN2O8S2/c1-19(2,3)22(32(24,25)26)15-7-11-17(12-8-15)30-21-31-18-13-9-16(10-14-18)23(20(4,5)6)33(27,28)29/h7-14H,1-6H3,(H,24,25,26)(H,27,28,29). The summed E-state index contributed by atoms with van der Waals surface area (Å²) in [6, 6.07) is 12.0. The molecular weight excluding hydrogens is 471 g/mol. The van der Waals surface area contributed by atoms with Crippen molar-refractivity contribution in [1.82, 2.24) is 0 Å². The zero-order valence-corrected chi connectivity index (χ0v) is 20.9. The molecule has 0 saturated carbocycles. The first kappa shape index (κ1) is 26.8. The van der Waals surface area contributed by atoms with E-state index < -0.39 is 31.7 Å². The van der Waals surface area contributed by atoms with Crippen LogP contribution in [0, 0.1) is 0 Å². The molecule has 2 rings (SSSR count). The van der Waals surface area contributed by atoms with E-state index in [9.17, 15) is 25.9 Å². The molecule has 13 heteroatoms. The quantitative estimate of drug-likeness (QED) is 0.417. The highest BCUT2D eigenvalue weighted by molar-refractivity contribution is 7.87. The predicted octanol–water partition coefficient (Wildman–Crippen LogP) is 3.49. The Kier molecular flexibility index (Phi) is 7.64. The summed E-state index contributed by atoms with van der Waals surface area (Å²) >= 11 is 0. The van der Waals surface area contributed by atoms with Gasteiger partial charge in [-0.1, -0.05) is 0 Å². The highest BCUT2D eigenvalue weighted by Gasteiger charge is 2.32. The molecule has 2 N–H and O–H groups in total. The third-order valence-corrected chi connectivity index (χ3v) is 6.63. The Morgan fingerprint density at radius 3 is 1.12 bits per heavy atom. The summed E-state index contributed by atoms with van der Waals surface area (Å²) < 4.78 is 78.6. The molecule has 0 atom stereocenters. The van der Waals surface area contributed by atoms with Gasteiger partial charge < -0.3 is 9.31 Å². The molecule has 0 aliphatic heterocycles. The van der Waals surface area contributed by atoms with Gasteiger partial charge in [0.05, 0.1) is 11.4 Å². The minimum atomic E-state index is -4.47. The zero-order valence-electron chi connectivity index (χ0n) is 19.3. The molecule has 0 fully saturated rings. The first-order chi connectivity index (χ1) is 14.9. The van der Waals surface area contributed by atoms with Crippen LogP contribution in [0.15, 0.2) is 48.5 Å². The summed E-state index contributed by atoms with van der Waals surface area (Å²) in [7, 11) is -7.88. The van der Waals surface area contributed by atoms with Gasteiger partial charge in [0.2, 0.25) is 0 Å². The van der Waals surface area contributed by atoms with Crippen LogP contribution < -0.4 is 17.9 Å². The third kappa shape index (κ3) is 7.26. The number of benzene rings is 2. The molecule has 0 aliphatic rings. The zero-order chi connectivity index (χ0) is 25.2. The van der Waals surface area contributed by atoms with Crippen LogP contribution in [0.1, 0.15) is 41.5 Å². The van der Waals surface area contributed by atoms with E-state index in [0.29, 0.717) is 11.5 Å². The van der Waals surface area contributed by atoms with Crippen molar-refractivity contribution in [3.8, 4) is 11.5 Å².